The highest BCUT2D eigenvalue weighted by molar-refractivity contribution is 6.37. The topological polar surface area (TPSA) is 12.0 Å². The SMILES string of the molecule is CC1=[N+](c2c(C)cc(C)c(C)c2C)C(C)[N+](c2c(C)cc(C)c(C)c2C)=C1C.CC1=[N+](c2c(C)cc(C)c(C)c2C)C(C)[N+](c2c(C)cc(C)c(C)c2C)=C1C. The van der Waals surface area contributed by atoms with Crippen molar-refractivity contribution >= 4 is 45.6 Å². The van der Waals surface area contributed by atoms with Gasteiger partial charge in [0.1, 0.15) is 0 Å². The zero-order valence-electron chi connectivity index (χ0n) is 39.3. The Hall–Kier alpha value is -4.44. The van der Waals surface area contributed by atoms with Crippen molar-refractivity contribution in [1.29, 1.82) is 0 Å². The maximum atomic E-state index is 2.54. The molecule has 0 bridgehead atoms. The minimum atomic E-state index is 0.249. The summed E-state index contributed by atoms with van der Waals surface area (Å²) in [5.74, 6) is 0. The molecule has 4 nitrogen and oxygen atoms in total. The lowest BCUT2D eigenvalue weighted by atomic mass is 9.97. The van der Waals surface area contributed by atoms with E-state index in [1.807, 2.05) is 0 Å². The zero-order chi connectivity index (χ0) is 42.1. The summed E-state index contributed by atoms with van der Waals surface area (Å²) in [5.41, 5.74) is 33.0. The molecule has 0 radical (unpaired) electrons. The highest BCUT2D eigenvalue weighted by atomic mass is 15.3. The lowest BCUT2D eigenvalue weighted by Crippen LogP contribution is -2.27. The molecule has 4 aromatic rings. The molecule has 4 aromatic carbocycles. The van der Waals surface area contributed by atoms with Gasteiger partial charge in [0.05, 0.1) is 13.8 Å². The fourth-order valence-corrected chi connectivity index (χ4v) is 10.0. The van der Waals surface area contributed by atoms with Gasteiger partial charge in [-0.05, 0) is 180 Å². The molecule has 0 atom stereocenters. The van der Waals surface area contributed by atoms with Crippen LogP contribution in [0.2, 0.25) is 0 Å². The summed E-state index contributed by atoms with van der Waals surface area (Å²) in [6.07, 6.45) is 0.498. The Morgan fingerprint density at radius 2 is 0.411 bits per heavy atom. The minimum absolute atomic E-state index is 0.249. The average molecular weight is 753 g/mol. The largest absolute Gasteiger partial charge is 0.351 e. The Balaban J connectivity index is 0.000000214. The van der Waals surface area contributed by atoms with E-state index in [-0.39, 0.29) is 12.3 Å². The summed E-state index contributed by atoms with van der Waals surface area (Å²) >= 11 is 0. The molecule has 6 rings (SSSR count). The van der Waals surface area contributed by atoms with Crippen molar-refractivity contribution in [3.8, 4) is 0 Å². The molecule has 296 valence electrons. The molecule has 0 spiro atoms. The van der Waals surface area contributed by atoms with Gasteiger partial charge in [0.25, 0.3) is 22.8 Å². The molecule has 56 heavy (non-hydrogen) atoms. The second kappa shape index (κ2) is 15.5. The lowest BCUT2D eigenvalue weighted by molar-refractivity contribution is -0.689. The Morgan fingerprint density at radius 3 is 0.571 bits per heavy atom. The van der Waals surface area contributed by atoms with Gasteiger partial charge < -0.3 is 0 Å². The highest BCUT2D eigenvalue weighted by Crippen LogP contribution is 2.38. The molecule has 0 unspecified atom stereocenters. The molecule has 0 N–H and O–H groups in total. The van der Waals surface area contributed by atoms with Gasteiger partial charge in [-0.25, -0.2) is 0 Å². The van der Waals surface area contributed by atoms with Crippen molar-refractivity contribution in [3.63, 3.8) is 0 Å². The van der Waals surface area contributed by atoms with E-state index < -0.39 is 0 Å². The first-order chi connectivity index (χ1) is 26.0. The molecule has 0 saturated carbocycles. The molecule has 2 aliphatic heterocycles. The Labute approximate surface area is 340 Å². The first kappa shape index (κ1) is 42.7. The standard InChI is InChI=1S/2C26H36N2/c2*1-14-12-16(3)25(20(7)18(14)5)27-22(9)23(10)28(24(27)11)26-17(4)13-15(2)19(6)21(26)8/h2*12-13,24H,1-11H3/q2*+2. The number of rotatable bonds is 4. The van der Waals surface area contributed by atoms with Crippen LogP contribution >= 0.6 is 0 Å². The molecule has 4 heteroatoms. The van der Waals surface area contributed by atoms with Crippen molar-refractivity contribution in [2.24, 2.45) is 0 Å². The molecule has 0 aromatic heterocycles. The van der Waals surface area contributed by atoms with E-state index in [4.69, 9.17) is 0 Å². The van der Waals surface area contributed by atoms with Gasteiger partial charge in [-0.15, -0.1) is 18.3 Å². The van der Waals surface area contributed by atoms with Crippen LogP contribution in [0.3, 0.4) is 0 Å². The monoisotopic (exact) mass is 753 g/mol. The number of nitrogens with zero attached hydrogens (tertiary/aromatic N) is 4. The van der Waals surface area contributed by atoms with Crippen molar-refractivity contribution in [1.82, 2.24) is 0 Å². The third kappa shape index (κ3) is 6.75. The summed E-state index contributed by atoms with van der Waals surface area (Å²) < 4.78 is 10.2. The normalized spacial score (nSPS) is 15.2. The van der Waals surface area contributed by atoms with Crippen LogP contribution in [-0.2, 0) is 0 Å². The smallest absolute Gasteiger partial charge is 0.128 e. The van der Waals surface area contributed by atoms with Crippen LogP contribution in [0.4, 0.5) is 22.7 Å². The van der Waals surface area contributed by atoms with Gasteiger partial charge in [0.2, 0.25) is 22.7 Å². The highest BCUT2D eigenvalue weighted by Gasteiger charge is 2.47. The first-order valence-corrected chi connectivity index (χ1v) is 20.8. The predicted molar refractivity (Wildman–Crippen MR) is 243 cm³/mol. The molecule has 2 aliphatic rings. The van der Waals surface area contributed by atoms with Crippen molar-refractivity contribution in [2.75, 3.05) is 0 Å². The van der Waals surface area contributed by atoms with E-state index in [1.54, 1.807) is 0 Å². The van der Waals surface area contributed by atoms with Gasteiger partial charge in [-0.1, -0.05) is 0 Å². The van der Waals surface area contributed by atoms with Crippen LogP contribution in [0.5, 0.6) is 0 Å². The Morgan fingerprint density at radius 1 is 0.250 bits per heavy atom. The van der Waals surface area contributed by atoms with Crippen LogP contribution in [0, 0.1) is 111 Å². The predicted octanol–water partition coefficient (Wildman–Crippen LogP) is 12.8. The van der Waals surface area contributed by atoms with Gasteiger partial charge in [-0.2, -0.15) is 0 Å². The van der Waals surface area contributed by atoms with E-state index in [1.165, 1.54) is 135 Å². The fraction of sp³-hybridized carbons (Fsp3) is 0.462. The Bertz CT molecular complexity index is 2130. The second-order valence-electron chi connectivity index (χ2n) is 17.5. The number of hydrogen-bond donors (Lipinski definition) is 0. The third-order valence-electron chi connectivity index (χ3n) is 14.2. The fourth-order valence-electron chi connectivity index (χ4n) is 10.0. The molecular weight excluding hydrogens is 681 g/mol. The van der Waals surface area contributed by atoms with E-state index in [0.29, 0.717) is 0 Å². The van der Waals surface area contributed by atoms with Crippen LogP contribution < -0.4 is 0 Å². The van der Waals surface area contributed by atoms with Crippen LogP contribution in [0.25, 0.3) is 0 Å². The number of benzene rings is 4. The third-order valence-corrected chi connectivity index (χ3v) is 14.2. The van der Waals surface area contributed by atoms with Crippen molar-refractivity contribution in [3.05, 3.63) is 113 Å². The summed E-state index contributed by atoms with van der Waals surface area (Å²) in [4.78, 5) is 0. The maximum Gasteiger partial charge on any atom is 0.351 e. The summed E-state index contributed by atoms with van der Waals surface area (Å²) in [6.45, 7) is 49.7. The summed E-state index contributed by atoms with van der Waals surface area (Å²) in [6, 6.07) is 9.34. The van der Waals surface area contributed by atoms with E-state index >= 15 is 0 Å². The quantitative estimate of drug-likeness (QED) is 0.184. The van der Waals surface area contributed by atoms with Crippen LogP contribution in [-0.4, -0.2) is 53.5 Å². The molecule has 0 amide bonds. The molecular formula is C52H72N4+4. The lowest BCUT2D eigenvalue weighted by Gasteiger charge is -2.16. The number of hydrogen-bond acceptors (Lipinski definition) is 0. The van der Waals surface area contributed by atoms with Crippen molar-refractivity contribution in [2.45, 2.75) is 165 Å². The Kier molecular flexibility index (Phi) is 11.8. The van der Waals surface area contributed by atoms with Gasteiger partial charge in [0, 0.05) is 72.2 Å². The minimum Gasteiger partial charge on any atom is -0.128 e. The van der Waals surface area contributed by atoms with E-state index in [0.717, 1.165) is 0 Å². The first-order valence-electron chi connectivity index (χ1n) is 20.8. The van der Waals surface area contributed by atoms with E-state index in [9.17, 15) is 0 Å². The average Bonchev–Trinajstić information content (AvgIpc) is 3.46. The van der Waals surface area contributed by atoms with Crippen molar-refractivity contribution < 1.29 is 18.3 Å². The van der Waals surface area contributed by atoms with E-state index in [2.05, 4.69) is 195 Å². The molecule has 0 aliphatic carbocycles. The maximum absolute atomic E-state index is 2.54. The van der Waals surface area contributed by atoms with Gasteiger partial charge >= 0.3 is 12.3 Å². The zero-order valence-corrected chi connectivity index (χ0v) is 39.3. The molecule has 2 heterocycles. The molecule has 0 saturated heterocycles. The summed E-state index contributed by atoms with van der Waals surface area (Å²) in [7, 11) is 0. The molecule has 0 fully saturated rings. The second-order valence-corrected chi connectivity index (χ2v) is 17.5. The number of aryl methyl sites for hydroxylation is 8. The van der Waals surface area contributed by atoms with Crippen LogP contribution in [0.1, 0.15) is 131 Å². The summed E-state index contributed by atoms with van der Waals surface area (Å²) in [5, 5.41) is 0. The van der Waals surface area contributed by atoms with Crippen LogP contribution in [0.15, 0.2) is 24.3 Å². The van der Waals surface area contributed by atoms with Gasteiger partial charge in [-0.3, -0.25) is 0 Å². The van der Waals surface area contributed by atoms with Gasteiger partial charge in [0.15, 0.2) is 0 Å².